The van der Waals surface area contributed by atoms with E-state index < -0.39 is 0 Å². The molecule has 0 aromatic carbocycles. The topological polar surface area (TPSA) is 83.2 Å². The van der Waals surface area contributed by atoms with Gasteiger partial charge in [0.15, 0.2) is 0 Å². The first-order valence-corrected chi connectivity index (χ1v) is 6.15. The molecule has 3 rings (SSSR count). The lowest BCUT2D eigenvalue weighted by molar-refractivity contribution is 0.516. The Hall–Kier alpha value is -2.89. The van der Waals surface area contributed by atoms with E-state index in [9.17, 15) is 0 Å². The van der Waals surface area contributed by atoms with Gasteiger partial charge in [-0.25, -0.2) is 9.99 Å². The number of hydrazone groups is 1. The van der Waals surface area contributed by atoms with Gasteiger partial charge in [0.1, 0.15) is 5.65 Å². The van der Waals surface area contributed by atoms with E-state index in [1.165, 1.54) is 0 Å². The minimum Gasteiger partial charge on any atom is -0.368 e. The third-order valence-corrected chi connectivity index (χ3v) is 3.01. The van der Waals surface area contributed by atoms with Gasteiger partial charge in [-0.3, -0.25) is 0 Å². The predicted molar refractivity (Wildman–Crippen MR) is 80.6 cm³/mol. The van der Waals surface area contributed by atoms with E-state index in [-0.39, 0.29) is 5.95 Å². The maximum atomic E-state index is 5.58. The van der Waals surface area contributed by atoms with Crippen molar-refractivity contribution in [1.82, 2.24) is 20.0 Å². The molecule has 3 heterocycles. The van der Waals surface area contributed by atoms with Gasteiger partial charge >= 0.3 is 0 Å². The maximum absolute atomic E-state index is 5.58. The maximum Gasteiger partial charge on any atom is 0.221 e. The highest BCUT2D eigenvalue weighted by molar-refractivity contribution is 5.94. The van der Waals surface area contributed by atoms with Crippen molar-refractivity contribution in [2.45, 2.75) is 6.92 Å². The number of allylic oxidation sites excluding steroid dienone is 3. The van der Waals surface area contributed by atoms with Gasteiger partial charge in [0.05, 0.1) is 5.70 Å². The lowest BCUT2D eigenvalue weighted by Gasteiger charge is -2.19. The van der Waals surface area contributed by atoms with Gasteiger partial charge in [-0.1, -0.05) is 6.58 Å². The molecular weight excluding hydrogens is 252 g/mol. The molecule has 0 unspecified atom stereocenters. The number of aromatic amines is 1. The van der Waals surface area contributed by atoms with Crippen LogP contribution in [0.3, 0.4) is 0 Å². The summed E-state index contributed by atoms with van der Waals surface area (Å²) in [5.41, 5.74) is 9.14. The van der Waals surface area contributed by atoms with Crippen LogP contribution >= 0.6 is 0 Å². The predicted octanol–water partition coefficient (Wildman–Crippen LogP) is 2.27. The molecule has 1 aliphatic rings. The number of nitrogens with one attached hydrogen (secondary N) is 1. The number of nitrogens with zero attached hydrogens (tertiary/aromatic N) is 4. The van der Waals surface area contributed by atoms with E-state index in [0.29, 0.717) is 0 Å². The van der Waals surface area contributed by atoms with E-state index in [1.807, 2.05) is 31.5 Å². The minimum absolute atomic E-state index is 0.256. The standard InChI is InChI=1S/C14H14N6/c1-3-18-20-5-4-10(6-9(20)2)11-7-16-13-12(11)8-17-14(15)19-13/h3-8H,2H2,1H3,(H3,15,16,17,19)/b18-3-. The van der Waals surface area contributed by atoms with Crippen LogP contribution in [0.5, 0.6) is 0 Å². The number of H-pyrrole nitrogens is 1. The Morgan fingerprint density at radius 3 is 3.10 bits per heavy atom. The second-order valence-corrected chi connectivity index (χ2v) is 4.32. The van der Waals surface area contributed by atoms with Gasteiger partial charge < -0.3 is 10.7 Å². The highest BCUT2D eigenvalue weighted by atomic mass is 15.4. The second-order valence-electron chi connectivity index (χ2n) is 4.32. The molecule has 0 saturated carbocycles. The molecule has 6 heteroatoms. The van der Waals surface area contributed by atoms with Crippen molar-refractivity contribution in [2.75, 3.05) is 5.73 Å². The highest BCUT2D eigenvalue weighted by Crippen LogP contribution is 2.29. The Bertz CT molecular complexity index is 765. The van der Waals surface area contributed by atoms with Crippen molar-refractivity contribution < 1.29 is 0 Å². The number of nitrogen functional groups attached to an aromatic ring is 1. The van der Waals surface area contributed by atoms with E-state index in [2.05, 4.69) is 26.6 Å². The molecule has 2 aromatic rings. The fourth-order valence-electron chi connectivity index (χ4n) is 2.10. The summed E-state index contributed by atoms with van der Waals surface area (Å²) in [6, 6.07) is 0. The van der Waals surface area contributed by atoms with Crippen LogP contribution in [0.1, 0.15) is 12.5 Å². The fourth-order valence-corrected chi connectivity index (χ4v) is 2.10. The molecule has 2 aromatic heterocycles. The first kappa shape index (κ1) is 12.2. The SMILES string of the molecule is C=C1C=C(c2c[nH]c3nc(N)ncc23)C=CN1/N=C\C. The number of hydrogen-bond acceptors (Lipinski definition) is 5. The Morgan fingerprint density at radius 2 is 2.35 bits per heavy atom. The van der Waals surface area contributed by atoms with Crippen LogP contribution in [-0.2, 0) is 0 Å². The van der Waals surface area contributed by atoms with Crippen LogP contribution in [0.2, 0.25) is 0 Å². The minimum atomic E-state index is 0.256. The first-order chi connectivity index (χ1) is 9.69. The van der Waals surface area contributed by atoms with Crippen molar-refractivity contribution in [3.05, 3.63) is 48.6 Å². The molecule has 0 amide bonds. The fraction of sp³-hybridized carbons (Fsp3) is 0.0714. The number of hydrogen-bond donors (Lipinski definition) is 2. The smallest absolute Gasteiger partial charge is 0.221 e. The molecule has 20 heavy (non-hydrogen) atoms. The number of nitrogens with two attached hydrogens (primary N) is 1. The van der Waals surface area contributed by atoms with Gasteiger partial charge in [0, 0.05) is 35.8 Å². The third-order valence-electron chi connectivity index (χ3n) is 3.01. The summed E-state index contributed by atoms with van der Waals surface area (Å²) in [6.07, 6.45) is 11.1. The van der Waals surface area contributed by atoms with Gasteiger partial charge in [-0.05, 0) is 24.6 Å². The molecular formula is C14H14N6. The molecule has 0 bridgehead atoms. The molecule has 0 fully saturated rings. The van der Waals surface area contributed by atoms with Crippen molar-refractivity contribution in [3.63, 3.8) is 0 Å². The Morgan fingerprint density at radius 1 is 1.50 bits per heavy atom. The van der Waals surface area contributed by atoms with E-state index in [1.54, 1.807) is 17.4 Å². The number of fused-ring (bicyclic) bond motifs is 1. The zero-order valence-electron chi connectivity index (χ0n) is 11.0. The highest BCUT2D eigenvalue weighted by Gasteiger charge is 2.13. The molecule has 1 aliphatic heterocycles. The monoisotopic (exact) mass is 266 g/mol. The van der Waals surface area contributed by atoms with E-state index >= 15 is 0 Å². The molecule has 6 nitrogen and oxygen atoms in total. The lowest BCUT2D eigenvalue weighted by atomic mass is 10.0. The van der Waals surface area contributed by atoms with Crippen molar-refractivity contribution >= 4 is 28.8 Å². The van der Waals surface area contributed by atoms with E-state index in [0.717, 1.165) is 27.9 Å². The Balaban J connectivity index is 2.03. The molecule has 0 radical (unpaired) electrons. The molecule has 0 saturated heterocycles. The average molecular weight is 266 g/mol. The van der Waals surface area contributed by atoms with Gasteiger partial charge in [-0.2, -0.15) is 10.1 Å². The zero-order valence-corrected chi connectivity index (χ0v) is 11.0. The number of aromatic nitrogens is 3. The summed E-state index contributed by atoms with van der Waals surface area (Å²) in [7, 11) is 0. The van der Waals surface area contributed by atoms with Crippen molar-refractivity contribution in [1.29, 1.82) is 0 Å². The number of anilines is 1. The van der Waals surface area contributed by atoms with Gasteiger partial charge in [-0.15, -0.1) is 0 Å². The lowest BCUT2D eigenvalue weighted by Crippen LogP contribution is -2.10. The zero-order chi connectivity index (χ0) is 14.1. The van der Waals surface area contributed by atoms with Crippen LogP contribution in [0.15, 0.2) is 48.1 Å². The Kier molecular flexibility index (Phi) is 2.83. The van der Waals surface area contributed by atoms with Crippen molar-refractivity contribution in [3.8, 4) is 0 Å². The summed E-state index contributed by atoms with van der Waals surface area (Å²) in [4.78, 5) is 11.3. The molecule has 100 valence electrons. The van der Waals surface area contributed by atoms with Crippen LogP contribution in [-0.4, -0.2) is 26.2 Å². The van der Waals surface area contributed by atoms with Gasteiger partial charge in [0.25, 0.3) is 0 Å². The molecule has 3 N–H and O–H groups in total. The molecule has 0 atom stereocenters. The third kappa shape index (κ3) is 1.97. The summed E-state index contributed by atoms with van der Waals surface area (Å²) >= 11 is 0. The first-order valence-electron chi connectivity index (χ1n) is 6.15. The Labute approximate surface area is 116 Å². The summed E-state index contributed by atoms with van der Waals surface area (Å²) < 4.78 is 0. The normalized spacial score (nSPS) is 15.3. The van der Waals surface area contributed by atoms with Gasteiger partial charge in [0.2, 0.25) is 5.95 Å². The van der Waals surface area contributed by atoms with Crippen LogP contribution in [0, 0.1) is 0 Å². The summed E-state index contributed by atoms with van der Waals surface area (Å²) in [5, 5.41) is 6.82. The van der Waals surface area contributed by atoms with E-state index in [4.69, 9.17) is 5.73 Å². The van der Waals surface area contributed by atoms with Crippen LogP contribution in [0.25, 0.3) is 16.6 Å². The molecule has 0 aliphatic carbocycles. The number of rotatable bonds is 2. The quantitative estimate of drug-likeness (QED) is 0.817. The van der Waals surface area contributed by atoms with Crippen molar-refractivity contribution in [2.24, 2.45) is 5.10 Å². The summed E-state index contributed by atoms with van der Waals surface area (Å²) in [6.45, 7) is 5.85. The summed E-state index contributed by atoms with van der Waals surface area (Å²) in [5.74, 6) is 0.256. The average Bonchev–Trinajstić information content (AvgIpc) is 2.84. The largest absolute Gasteiger partial charge is 0.368 e. The second kappa shape index (κ2) is 4.65. The van der Waals surface area contributed by atoms with Crippen LogP contribution in [0.4, 0.5) is 5.95 Å². The molecule has 0 spiro atoms. The van der Waals surface area contributed by atoms with Crippen LogP contribution < -0.4 is 5.73 Å².